The Morgan fingerprint density at radius 3 is 2.53 bits per heavy atom. The lowest BCUT2D eigenvalue weighted by molar-refractivity contribution is 0.415. The summed E-state index contributed by atoms with van der Waals surface area (Å²) in [6.07, 6.45) is 0. The lowest BCUT2D eigenvalue weighted by atomic mass is 10.2. The molecule has 0 amide bonds. The maximum absolute atomic E-state index is 5.14. The van der Waals surface area contributed by atoms with Gasteiger partial charge in [0.25, 0.3) is 0 Å². The first-order chi connectivity index (χ1) is 9.30. The van der Waals surface area contributed by atoms with Crippen molar-refractivity contribution in [3.8, 4) is 17.1 Å². The van der Waals surface area contributed by atoms with E-state index in [-0.39, 0.29) is 0 Å². The predicted molar refractivity (Wildman–Crippen MR) is 75.4 cm³/mol. The summed E-state index contributed by atoms with van der Waals surface area (Å²) in [4.78, 5) is 12.2. The van der Waals surface area contributed by atoms with E-state index in [9.17, 15) is 0 Å². The lowest BCUT2D eigenvalue weighted by Gasteiger charge is -2.00. The molecule has 0 saturated carbocycles. The van der Waals surface area contributed by atoms with E-state index >= 15 is 0 Å². The molecular formula is C14H14N4O. The number of anilines is 1. The molecule has 96 valence electrons. The molecule has 2 aromatic heterocycles. The minimum Gasteiger partial charge on any atom is -0.497 e. The Kier molecular flexibility index (Phi) is 2.79. The number of imidazole rings is 1. The van der Waals surface area contributed by atoms with E-state index in [1.807, 2.05) is 43.4 Å². The van der Waals surface area contributed by atoms with Crippen molar-refractivity contribution in [2.45, 2.75) is 0 Å². The van der Waals surface area contributed by atoms with Crippen LogP contribution in [0.5, 0.6) is 5.75 Å². The predicted octanol–water partition coefficient (Wildman–Crippen LogP) is 2.68. The van der Waals surface area contributed by atoms with Crippen molar-refractivity contribution in [2.24, 2.45) is 0 Å². The molecule has 0 aliphatic heterocycles. The number of methoxy groups -OCH3 is 1. The Morgan fingerprint density at radius 1 is 1.05 bits per heavy atom. The molecule has 0 bridgehead atoms. The minimum atomic E-state index is 0.706. The molecule has 0 saturated heterocycles. The monoisotopic (exact) mass is 254 g/mol. The topological polar surface area (TPSA) is 62.8 Å². The number of nitrogens with zero attached hydrogens (tertiary/aromatic N) is 2. The standard InChI is InChI=1S/C14H14N4O/c1-15-12-8-7-11-14(17-12)18-13(16-11)9-3-5-10(19-2)6-4-9/h3-8H,1-2H3,(H2,15,16,17,18). The van der Waals surface area contributed by atoms with E-state index in [0.29, 0.717) is 5.65 Å². The highest BCUT2D eigenvalue weighted by Gasteiger charge is 2.07. The largest absolute Gasteiger partial charge is 0.497 e. The second-order valence-electron chi connectivity index (χ2n) is 4.13. The van der Waals surface area contributed by atoms with Crippen molar-refractivity contribution in [1.82, 2.24) is 15.0 Å². The fourth-order valence-corrected chi connectivity index (χ4v) is 1.92. The Balaban J connectivity index is 2.04. The van der Waals surface area contributed by atoms with Crippen molar-refractivity contribution >= 4 is 17.0 Å². The lowest BCUT2D eigenvalue weighted by Crippen LogP contribution is -1.91. The smallest absolute Gasteiger partial charge is 0.180 e. The summed E-state index contributed by atoms with van der Waals surface area (Å²) in [5.74, 6) is 2.44. The van der Waals surface area contributed by atoms with Crippen LogP contribution in [0.15, 0.2) is 36.4 Å². The van der Waals surface area contributed by atoms with Crippen molar-refractivity contribution in [3.63, 3.8) is 0 Å². The number of fused-ring (bicyclic) bond motifs is 1. The number of aromatic amines is 1. The summed E-state index contributed by atoms with van der Waals surface area (Å²) >= 11 is 0. The molecule has 0 spiro atoms. The average molecular weight is 254 g/mol. The highest BCUT2D eigenvalue weighted by molar-refractivity contribution is 5.77. The van der Waals surface area contributed by atoms with Crippen molar-refractivity contribution in [3.05, 3.63) is 36.4 Å². The van der Waals surface area contributed by atoms with Gasteiger partial charge >= 0.3 is 0 Å². The van der Waals surface area contributed by atoms with Crippen molar-refractivity contribution < 1.29 is 4.74 Å². The summed E-state index contributed by atoms with van der Waals surface area (Å²) in [5.41, 5.74) is 2.63. The summed E-state index contributed by atoms with van der Waals surface area (Å²) in [6.45, 7) is 0. The molecule has 3 aromatic rings. The summed E-state index contributed by atoms with van der Waals surface area (Å²) in [6, 6.07) is 11.6. The van der Waals surface area contributed by atoms with Crippen LogP contribution in [0.25, 0.3) is 22.6 Å². The molecule has 19 heavy (non-hydrogen) atoms. The number of hydrogen-bond donors (Lipinski definition) is 2. The van der Waals surface area contributed by atoms with Crippen molar-refractivity contribution in [1.29, 1.82) is 0 Å². The number of pyridine rings is 1. The minimum absolute atomic E-state index is 0.706. The van der Waals surface area contributed by atoms with E-state index in [2.05, 4.69) is 20.3 Å². The first-order valence-electron chi connectivity index (χ1n) is 5.99. The fraction of sp³-hybridized carbons (Fsp3) is 0.143. The zero-order chi connectivity index (χ0) is 13.2. The first kappa shape index (κ1) is 11.5. The molecule has 5 heteroatoms. The third-order valence-corrected chi connectivity index (χ3v) is 2.97. The van der Waals surface area contributed by atoms with Gasteiger partial charge in [-0.25, -0.2) is 9.97 Å². The van der Waals surface area contributed by atoms with Gasteiger partial charge in [0.15, 0.2) is 5.65 Å². The molecule has 1 aromatic carbocycles. The second kappa shape index (κ2) is 4.61. The van der Waals surface area contributed by atoms with Gasteiger partial charge in [0, 0.05) is 12.6 Å². The van der Waals surface area contributed by atoms with Gasteiger partial charge in [-0.3, -0.25) is 0 Å². The van der Waals surface area contributed by atoms with E-state index in [4.69, 9.17) is 4.74 Å². The molecule has 0 aliphatic rings. The molecule has 5 nitrogen and oxygen atoms in total. The normalized spacial score (nSPS) is 10.6. The number of nitrogens with one attached hydrogen (secondary N) is 2. The molecule has 0 radical (unpaired) electrons. The van der Waals surface area contributed by atoms with Crippen LogP contribution < -0.4 is 10.1 Å². The molecule has 2 heterocycles. The zero-order valence-corrected chi connectivity index (χ0v) is 10.8. The summed E-state index contributed by atoms with van der Waals surface area (Å²) in [7, 11) is 3.49. The number of hydrogen-bond acceptors (Lipinski definition) is 4. The van der Waals surface area contributed by atoms with E-state index < -0.39 is 0 Å². The summed E-state index contributed by atoms with van der Waals surface area (Å²) < 4.78 is 5.14. The van der Waals surface area contributed by atoms with Gasteiger partial charge in [0.1, 0.15) is 17.4 Å². The number of H-pyrrole nitrogens is 1. The van der Waals surface area contributed by atoms with E-state index in [1.165, 1.54) is 0 Å². The van der Waals surface area contributed by atoms with Crippen LogP contribution in [-0.4, -0.2) is 29.1 Å². The highest BCUT2D eigenvalue weighted by Crippen LogP contribution is 2.22. The quantitative estimate of drug-likeness (QED) is 0.754. The summed E-state index contributed by atoms with van der Waals surface area (Å²) in [5, 5.41) is 3.00. The highest BCUT2D eigenvalue weighted by atomic mass is 16.5. The van der Waals surface area contributed by atoms with Crippen LogP contribution in [0.1, 0.15) is 0 Å². The van der Waals surface area contributed by atoms with Crippen LogP contribution >= 0.6 is 0 Å². The van der Waals surface area contributed by atoms with Crippen molar-refractivity contribution in [2.75, 3.05) is 19.5 Å². The molecule has 0 aliphatic carbocycles. The van der Waals surface area contributed by atoms with E-state index in [0.717, 1.165) is 28.5 Å². The first-order valence-corrected chi connectivity index (χ1v) is 5.99. The van der Waals surface area contributed by atoms with Gasteiger partial charge < -0.3 is 15.0 Å². The number of rotatable bonds is 3. The SMILES string of the molecule is CNc1ccc2[nH]c(-c3ccc(OC)cc3)nc2n1. The maximum atomic E-state index is 5.14. The van der Waals surface area contributed by atoms with Gasteiger partial charge in [-0.05, 0) is 36.4 Å². The average Bonchev–Trinajstić information content (AvgIpc) is 2.90. The van der Waals surface area contributed by atoms with Crippen LogP contribution in [0.2, 0.25) is 0 Å². The molecule has 0 fully saturated rings. The molecule has 0 atom stereocenters. The van der Waals surface area contributed by atoms with Gasteiger partial charge in [-0.2, -0.15) is 0 Å². The fourth-order valence-electron chi connectivity index (χ4n) is 1.92. The van der Waals surface area contributed by atoms with Gasteiger partial charge in [0.05, 0.1) is 12.6 Å². The van der Waals surface area contributed by atoms with Crippen LogP contribution in [0.4, 0.5) is 5.82 Å². The van der Waals surface area contributed by atoms with E-state index in [1.54, 1.807) is 7.11 Å². The third-order valence-electron chi connectivity index (χ3n) is 2.97. The number of aromatic nitrogens is 3. The maximum Gasteiger partial charge on any atom is 0.180 e. The van der Waals surface area contributed by atoms with Gasteiger partial charge in [-0.15, -0.1) is 0 Å². The van der Waals surface area contributed by atoms with Crippen LogP contribution in [0, 0.1) is 0 Å². The Hall–Kier alpha value is -2.56. The molecule has 3 rings (SSSR count). The molecular weight excluding hydrogens is 240 g/mol. The Bertz CT molecular complexity index is 703. The second-order valence-corrected chi connectivity index (χ2v) is 4.13. The van der Waals surface area contributed by atoms with Crippen LogP contribution in [0.3, 0.4) is 0 Å². The zero-order valence-electron chi connectivity index (χ0n) is 10.8. The molecule has 0 unspecified atom stereocenters. The Labute approximate surface area is 110 Å². The third kappa shape index (κ3) is 2.10. The number of benzene rings is 1. The van der Waals surface area contributed by atoms with Gasteiger partial charge in [-0.1, -0.05) is 0 Å². The Morgan fingerprint density at radius 2 is 1.84 bits per heavy atom. The number of ether oxygens (including phenoxy) is 1. The molecule has 2 N–H and O–H groups in total. The van der Waals surface area contributed by atoms with Crippen LogP contribution in [-0.2, 0) is 0 Å². The van der Waals surface area contributed by atoms with Gasteiger partial charge in [0.2, 0.25) is 0 Å².